The maximum atomic E-state index is 12.2. The molecule has 0 aliphatic carbocycles. The van der Waals surface area contributed by atoms with E-state index in [-0.39, 0.29) is 5.92 Å². The lowest BCUT2D eigenvalue weighted by Gasteiger charge is -2.21. The van der Waals surface area contributed by atoms with E-state index in [0.717, 1.165) is 22.0 Å². The quantitative estimate of drug-likeness (QED) is 0.537. The predicted molar refractivity (Wildman–Crippen MR) is 104 cm³/mol. The second-order valence-corrected chi connectivity index (χ2v) is 6.78. The van der Waals surface area contributed by atoms with E-state index < -0.39 is 18.1 Å². The number of aliphatic hydroxyl groups excluding tert-OH is 1. The van der Waals surface area contributed by atoms with E-state index in [0.29, 0.717) is 11.6 Å². The fourth-order valence-electron chi connectivity index (χ4n) is 3.07. The monoisotopic (exact) mass is 371 g/mol. The Labute approximate surface area is 157 Å². The molecule has 136 valence electrons. The molecule has 3 rings (SSSR count). The average molecular weight is 372 g/mol. The SMILES string of the molecule is C[C@@H](O)[C@@H](N)C(=O)NCC(c1ccccc1Cl)c1c[nH]c2ccccc12. The molecule has 2 aromatic carbocycles. The largest absolute Gasteiger partial charge is 0.391 e. The molecule has 1 unspecified atom stereocenters. The molecule has 1 amide bonds. The first kappa shape index (κ1) is 18.5. The molecule has 0 aliphatic heterocycles. The molecule has 0 saturated heterocycles. The van der Waals surface area contributed by atoms with Crippen molar-refractivity contribution in [3.05, 3.63) is 70.9 Å². The third-order valence-electron chi connectivity index (χ3n) is 4.58. The zero-order chi connectivity index (χ0) is 18.7. The zero-order valence-electron chi connectivity index (χ0n) is 14.4. The van der Waals surface area contributed by atoms with E-state index in [1.807, 2.05) is 54.7 Å². The number of aromatic nitrogens is 1. The highest BCUT2D eigenvalue weighted by Crippen LogP contribution is 2.34. The lowest BCUT2D eigenvalue weighted by Crippen LogP contribution is -2.48. The lowest BCUT2D eigenvalue weighted by molar-refractivity contribution is -0.124. The van der Waals surface area contributed by atoms with Crippen LogP contribution in [0.3, 0.4) is 0 Å². The maximum absolute atomic E-state index is 12.2. The highest BCUT2D eigenvalue weighted by molar-refractivity contribution is 6.31. The number of fused-ring (bicyclic) bond motifs is 1. The molecule has 5 N–H and O–H groups in total. The van der Waals surface area contributed by atoms with Gasteiger partial charge in [-0.2, -0.15) is 0 Å². The minimum absolute atomic E-state index is 0.148. The van der Waals surface area contributed by atoms with E-state index in [9.17, 15) is 9.90 Å². The van der Waals surface area contributed by atoms with Gasteiger partial charge in [-0.3, -0.25) is 4.79 Å². The van der Waals surface area contributed by atoms with Gasteiger partial charge in [-0.1, -0.05) is 48.0 Å². The molecule has 0 saturated carbocycles. The number of aromatic amines is 1. The number of rotatable bonds is 6. The number of carbonyl (C=O) groups is 1. The first-order valence-electron chi connectivity index (χ1n) is 8.51. The number of nitrogens with two attached hydrogens (primary N) is 1. The smallest absolute Gasteiger partial charge is 0.239 e. The zero-order valence-corrected chi connectivity index (χ0v) is 15.2. The van der Waals surface area contributed by atoms with E-state index in [1.165, 1.54) is 6.92 Å². The van der Waals surface area contributed by atoms with Gasteiger partial charge in [0.05, 0.1) is 6.10 Å². The highest BCUT2D eigenvalue weighted by Gasteiger charge is 2.24. The van der Waals surface area contributed by atoms with E-state index in [1.54, 1.807) is 0 Å². The Bertz CT molecular complexity index is 907. The van der Waals surface area contributed by atoms with Crippen molar-refractivity contribution in [2.24, 2.45) is 5.73 Å². The Balaban J connectivity index is 1.95. The summed E-state index contributed by atoms with van der Waals surface area (Å²) in [5.74, 6) is -0.540. The molecule has 3 aromatic rings. The van der Waals surface area contributed by atoms with Gasteiger partial charge in [-0.15, -0.1) is 0 Å². The van der Waals surface area contributed by atoms with E-state index in [2.05, 4.69) is 10.3 Å². The average Bonchev–Trinajstić information content (AvgIpc) is 3.06. The van der Waals surface area contributed by atoms with Crippen LogP contribution < -0.4 is 11.1 Å². The number of para-hydroxylation sites is 1. The van der Waals surface area contributed by atoms with Crippen LogP contribution in [0.5, 0.6) is 0 Å². The van der Waals surface area contributed by atoms with Gasteiger partial charge in [0.2, 0.25) is 5.91 Å². The normalized spacial score (nSPS) is 14.8. The third kappa shape index (κ3) is 3.75. The van der Waals surface area contributed by atoms with Crippen LogP contribution in [0.15, 0.2) is 54.7 Å². The molecule has 3 atom stereocenters. The molecule has 0 bridgehead atoms. The second-order valence-electron chi connectivity index (χ2n) is 6.38. The molecule has 5 nitrogen and oxygen atoms in total. The second kappa shape index (κ2) is 7.91. The summed E-state index contributed by atoms with van der Waals surface area (Å²) in [6, 6.07) is 14.6. The Morgan fingerprint density at radius 3 is 2.62 bits per heavy atom. The molecule has 0 spiro atoms. The van der Waals surface area contributed by atoms with Gasteiger partial charge < -0.3 is 21.1 Å². The first-order valence-corrected chi connectivity index (χ1v) is 8.88. The van der Waals surface area contributed by atoms with Crippen LogP contribution >= 0.6 is 11.6 Å². The molecule has 1 aromatic heterocycles. The molecular formula is C20H22ClN3O2. The van der Waals surface area contributed by atoms with Crippen molar-refractivity contribution in [3.8, 4) is 0 Å². The van der Waals surface area contributed by atoms with Crippen LogP contribution in [0.25, 0.3) is 10.9 Å². The molecular weight excluding hydrogens is 350 g/mol. The number of hydrogen-bond acceptors (Lipinski definition) is 3. The Hall–Kier alpha value is -2.34. The van der Waals surface area contributed by atoms with Gasteiger partial charge in [0, 0.05) is 34.6 Å². The molecule has 0 radical (unpaired) electrons. The van der Waals surface area contributed by atoms with Crippen molar-refractivity contribution in [1.29, 1.82) is 0 Å². The number of carbonyl (C=O) groups excluding carboxylic acids is 1. The van der Waals surface area contributed by atoms with Crippen LogP contribution in [-0.4, -0.2) is 34.7 Å². The number of nitrogens with one attached hydrogen (secondary N) is 2. The summed E-state index contributed by atoms with van der Waals surface area (Å²) in [5.41, 5.74) is 8.71. The number of amides is 1. The number of H-pyrrole nitrogens is 1. The Kier molecular flexibility index (Phi) is 5.61. The number of aliphatic hydroxyl groups is 1. The minimum Gasteiger partial charge on any atom is -0.391 e. The van der Waals surface area contributed by atoms with Crippen LogP contribution in [0, 0.1) is 0 Å². The fourth-order valence-corrected chi connectivity index (χ4v) is 3.33. The van der Waals surface area contributed by atoms with Crippen LogP contribution in [0.2, 0.25) is 5.02 Å². The van der Waals surface area contributed by atoms with E-state index in [4.69, 9.17) is 17.3 Å². The maximum Gasteiger partial charge on any atom is 0.239 e. The Morgan fingerprint density at radius 1 is 1.19 bits per heavy atom. The predicted octanol–water partition coefficient (Wildman–Crippen LogP) is 2.78. The summed E-state index contributed by atoms with van der Waals surface area (Å²) in [4.78, 5) is 15.5. The van der Waals surface area contributed by atoms with Crippen molar-refractivity contribution >= 4 is 28.4 Å². The van der Waals surface area contributed by atoms with Crippen molar-refractivity contribution in [1.82, 2.24) is 10.3 Å². The van der Waals surface area contributed by atoms with Crippen LogP contribution in [-0.2, 0) is 4.79 Å². The number of benzene rings is 2. The van der Waals surface area contributed by atoms with Gasteiger partial charge in [0.25, 0.3) is 0 Å². The Morgan fingerprint density at radius 2 is 1.88 bits per heavy atom. The number of halogens is 1. The molecule has 0 fully saturated rings. The summed E-state index contributed by atoms with van der Waals surface area (Å²) in [5, 5.41) is 14.1. The van der Waals surface area contributed by atoms with E-state index >= 15 is 0 Å². The minimum atomic E-state index is -0.968. The third-order valence-corrected chi connectivity index (χ3v) is 4.92. The van der Waals surface area contributed by atoms with Crippen LogP contribution in [0.1, 0.15) is 24.0 Å². The van der Waals surface area contributed by atoms with Crippen LogP contribution in [0.4, 0.5) is 0 Å². The van der Waals surface area contributed by atoms with Crippen molar-refractivity contribution in [2.75, 3.05) is 6.54 Å². The van der Waals surface area contributed by atoms with Gasteiger partial charge >= 0.3 is 0 Å². The summed E-state index contributed by atoms with van der Waals surface area (Å²) < 4.78 is 0. The first-order chi connectivity index (χ1) is 12.5. The topological polar surface area (TPSA) is 91.1 Å². The van der Waals surface area contributed by atoms with Gasteiger partial charge in [0.1, 0.15) is 6.04 Å². The molecule has 0 aliphatic rings. The van der Waals surface area contributed by atoms with Crippen molar-refractivity contribution in [3.63, 3.8) is 0 Å². The summed E-state index contributed by atoms with van der Waals surface area (Å²) in [6.45, 7) is 1.82. The van der Waals surface area contributed by atoms with Crippen molar-refractivity contribution < 1.29 is 9.90 Å². The standard InChI is InChI=1S/C20H22ClN3O2/c1-12(25)19(22)20(26)24-11-15(13-6-2-4-8-17(13)21)16-10-23-18-9-5-3-7-14(16)18/h2-10,12,15,19,23,25H,11,22H2,1H3,(H,24,26)/t12-,15?,19-/m1/s1. The number of hydrogen-bond donors (Lipinski definition) is 4. The van der Waals surface area contributed by atoms with Gasteiger partial charge in [-0.25, -0.2) is 0 Å². The van der Waals surface area contributed by atoms with Crippen molar-refractivity contribution in [2.45, 2.75) is 25.0 Å². The summed E-state index contributed by atoms with van der Waals surface area (Å²) in [6.07, 6.45) is 1.03. The summed E-state index contributed by atoms with van der Waals surface area (Å²) >= 11 is 6.43. The molecule has 6 heteroatoms. The van der Waals surface area contributed by atoms with Gasteiger partial charge in [-0.05, 0) is 30.2 Å². The highest BCUT2D eigenvalue weighted by atomic mass is 35.5. The summed E-state index contributed by atoms with van der Waals surface area (Å²) in [7, 11) is 0. The fraction of sp³-hybridized carbons (Fsp3) is 0.250. The lowest BCUT2D eigenvalue weighted by atomic mass is 9.90. The molecule has 1 heterocycles. The molecule has 26 heavy (non-hydrogen) atoms. The van der Waals surface area contributed by atoms with Gasteiger partial charge in [0.15, 0.2) is 0 Å².